The van der Waals surface area contributed by atoms with Crippen molar-refractivity contribution in [3.8, 4) is 0 Å². The van der Waals surface area contributed by atoms with Crippen LogP contribution in [0.5, 0.6) is 0 Å². The Balaban J connectivity index is 2.64. The van der Waals surface area contributed by atoms with E-state index in [1.807, 2.05) is 67.6 Å². The van der Waals surface area contributed by atoms with Crippen LogP contribution in [0.1, 0.15) is 18.1 Å². The van der Waals surface area contributed by atoms with Gasteiger partial charge in [0.15, 0.2) is 0 Å². The molecule has 0 aliphatic heterocycles. The van der Waals surface area contributed by atoms with Gasteiger partial charge in [0.25, 0.3) is 0 Å². The molecule has 0 amide bonds. The van der Waals surface area contributed by atoms with Crippen LogP contribution >= 0.6 is 0 Å². The van der Waals surface area contributed by atoms with Crippen molar-refractivity contribution in [2.45, 2.75) is 12.3 Å². The predicted molar refractivity (Wildman–Crippen MR) is 80.5 cm³/mol. The molecule has 0 fully saturated rings. The van der Waals surface area contributed by atoms with Gasteiger partial charge in [-0.1, -0.05) is 66.7 Å². The number of benzene rings is 2. The fraction of sp³-hybridized carbons (Fsp3) is 0.167. The van der Waals surface area contributed by atoms with Gasteiger partial charge in [-0.25, -0.2) is 0 Å². The van der Waals surface area contributed by atoms with E-state index in [9.17, 15) is 4.79 Å². The highest BCUT2D eigenvalue weighted by Crippen LogP contribution is 2.34. The van der Waals surface area contributed by atoms with Crippen molar-refractivity contribution >= 4 is 5.97 Å². The van der Waals surface area contributed by atoms with E-state index < -0.39 is 5.41 Å². The molecule has 0 unspecified atom stereocenters. The second kappa shape index (κ2) is 6.20. The van der Waals surface area contributed by atoms with Gasteiger partial charge in [0.05, 0.1) is 6.61 Å². The van der Waals surface area contributed by atoms with Crippen LogP contribution in [0.15, 0.2) is 73.3 Å². The molecule has 0 atom stereocenters. The summed E-state index contributed by atoms with van der Waals surface area (Å²) < 4.78 is 5.30. The summed E-state index contributed by atoms with van der Waals surface area (Å²) in [7, 11) is 0. The summed E-state index contributed by atoms with van der Waals surface area (Å²) in [5.41, 5.74) is 0.762. The zero-order valence-electron chi connectivity index (χ0n) is 11.6. The Morgan fingerprint density at radius 3 is 1.85 bits per heavy atom. The normalized spacial score (nSPS) is 10.8. The van der Waals surface area contributed by atoms with E-state index in [2.05, 4.69) is 6.58 Å². The molecule has 0 saturated heterocycles. The lowest BCUT2D eigenvalue weighted by Crippen LogP contribution is -2.36. The summed E-state index contributed by atoms with van der Waals surface area (Å²) in [5, 5.41) is 0. The van der Waals surface area contributed by atoms with E-state index in [4.69, 9.17) is 4.74 Å². The Morgan fingerprint density at radius 2 is 1.50 bits per heavy atom. The summed E-state index contributed by atoms with van der Waals surface area (Å²) >= 11 is 0. The maximum absolute atomic E-state index is 12.6. The number of hydrogen-bond donors (Lipinski definition) is 0. The summed E-state index contributed by atoms with van der Waals surface area (Å²) in [6.45, 7) is 6.04. The first-order valence-electron chi connectivity index (χ1n) is 6.67. The number of esters is 1. The molecule has 0 heterocycles. The predicted octanol–water partition coefficient (Wildman–Crippen LogP) is 3.72. The van der Waals surface area contributed by atoms with Crippen molar-refractivity contribution in [3.05, 3.63) is 84.4 Å². The highest BCUT2D eigenvalue weighted by atomic mass is 16.5. The van der Waals surface area contributed by atoms with Gasteiger partial charge < -0.3 is 4.74 Å². The first-order chi connectivity index (χ1) is 9.75. The molecule has 2 heteroatoms. The van der Waals surface area contributed by atoms with E-state index in [-0.39, 0.29) is 5.97 Å². The first-order valence-corrected chi connectivity index (χ1v) is 6.67. The number of rotatable bonds is 5. The fourth-order valence-corrected chi connectivity index (χ4v) is 2.37. The molecule has 0 saturated carbocycles. The monoisotopic (exact) mass is 266 g/mol. The maximum atomic E-state index is 12.6. The molecule has 2 aromatic rings. The van der Waals surface area contributed by atoms with Crippen molar-refractivity contribution in [2.24, 2.45) is 0 Å². The van der Waals surface area contributed by atoms with Gasteiger partial charge in [0, 0.05) is 0 Å². The first kappa shape index (κ1) is 14.1. The summed E-state index contributed by atoms with van der Waals surface area (Å²) in [6.07, 6.45) is 1.66. The van der Waals surface area contributed by atoms with Crippen molar-refractivity contribution in [1.29, 1.82) is 0 Å². The number of hydrogen-bond acceptors (Lipinski definition) is 2. The van der Waals surface area contributed by atoms with Gasteiger partial charge in [-0.15, -0.1) is 6.58 Å². The van der Waals surface area contributed by atoms with Crippen molar-refractivity contribution in [3.63, 3.8) is 0 Å². The number of carbonyl (C=O) groups is 1. The molecule has 20 heavy (non-hydrogen) atoms. The van der Waals surface area contributed by atoms with Crippen LogP contribution in [-0.2, 0) is 14.9 Å². The van der Waals surface area contributed by atoms with E-state index >= 15 is 0 Å². The Kier molecular flexibility index (Phi) is 4.36. The molecule has 2 rings (SSSR count). The van der Waals surface area contributed by atoms with Crippen molar-refractivity contribution in [1.82, 2.24) is 0 Å². The Bertz CT molecular complexity index is 533. The number of ether oxygens (including phenoxy) is 1. The second-order valence-electron chi connectivity index (χ2n) is 4.46. The van der Waals surface area contributed by atoms with Crippen LogP contribution in [0.3, 0.4) is 0 Å². The molecule has 0 bridgehead atoms. The van der Waals surface area contributed by atoms with Crippen LogP contribution in [0, 0.1) is 0 Å². The topological polar surface area (TPSA) is 26.3 Å². The summed E-state index contributed by atoms with van der Waals surface area (Å²) in [6, 6.07) is 19.2. The quantitative estimate of drug-likeness (QED) is 0.609. The van der Waals surface area contributed by atoms with E-state index in [0.29, 0.717) is 6.61 Å². The SMILES string of the molecule is C=CC(C(=O)OCC)(c1ccccc1)c1ccccc1. The third-order valence-corrected chi connectivity index (χ3v) is 3.36. The lowest BCUT2D eigenvalue weighted by atomic mass is 9.74. The molecule has 0 radical (unpaired) electrons. The van der Waals surface area contributed by atoms with Gasteiger partial charge in [-0.05, 0) is 18.1 Å². The van der Waals surface area contributed by atoms with Crippen LogP contribution in [0.25, 0.3) is 0 Å². The molecular weight excluding hydrogens is 248 g/mol. The lowest BCUT2D eigenvalue weighted by molar-refractivity contribution is -0.146. The molecule has 0 aromatic heterocycles. The van der Waals surface area contributed by atoms with Gasteiger partial charge in [0.1, 0.15) is 5.41 Å². The Hall–Kier alpha value is -2.35. The highest BCUT2D eigenvalue weighted by Gasteiger charge is 2.40. The minimum atomic E-state index is -0.960. The number of carbonyl (C=O) groups excluding carboxylic acids is 1. The van der Waals surface area contributed by atoms with Crippen LogP contribution < -0.4 is 0 Å². The van der Waals surface area contributed by atoms with Gasteiger partial charge in [-0.2, -0.15) is 0 Å². The standard InChI is InChI=1S/C18H18O2/c1-3-18(17(19)20-4-2,15-11-7-5-8-12-15)16-13-9-6-10-14-16/h3,5-14H,1,4H2,2H3. The van der Waals surface area contributed by atoms with Gasteiger partial charge >= 0.3 is 5.97 Å². The maximum Gasteiger partial charge on any atom is 0.325 e. The third-order valence-electron chi connectivity index (χ3n) is 3.36. The zero-order chi connectivity index (χ0) is 14.4. The summed E-state index contributed by atoms with van der Waals surface area (Å²) in [4.78, 5) is 12.6. The van der Waals surface area contributed by atoms with Gasteiger partial charge in [-0.3, -0.25) is 4.79 Å². The van der Waals surface area contributed by atoms with E-state index in [1.54, 1.807) is 6.08 Å². The molecule has 2 nitrogen and oxygen atoms in total. The van der Waals surface area contributed by atoms with Gasteiger partial charge in [0.2, 0.25) is 0 Å². The molecule has 0 aliphatic carbocycles. The zero-order valence-corrected chi connectivity index (χ0v) is 11.6. The Labute approximate surface area is 119 Å². The Morgan fingerprint density at radius 1 is 1.05 bits per heavy atom. The van der Waals surface area contributed by atoms with Crippen LogP contribution in [0.4, 0.5) is 0 Å². The minimum Gasteiger partial charge on any atom is -0.465 e. The smallest absolute Gasteiger partial charge is 0.325 e. The molecule has 0 aliphatic rings. The third kappa shape index (κ3) is 2.37. The molecular formula is C18H18O2. The molecule has 102 valence electrons. The largest absolute Gasteiger partial charge is 0.465 e. The second-order valence-corrected chi connectivity index (χ2v) is 4.46. The van der Waals surface area contributed by atoms with E-state index in [0.717, 1.165) is 11.1 Å². The molecule has 0 N–H and O–H groups in total. The van der Waals surface area contributed by atoms with Crippen LogP contribution in [0.2, 0.25) is 0 Å². The van der Waals surface area contributed by atoms with Crippen molar-refractivity contribution < 1.29 is 9.53 Å². The van der Waals surface area contributed by atoms with Crippen LogP contribution in [-0.4, -0.2) is 12.6 Å². The average molecular weight is 266 g/mol. The fourth-order valence-electron chi connectivity index (χ4n) is 2.37. The average Bonchev–Trinajstić information content (AvgIpc) is 2.51. The minimum absolute atomic E-state index is 0.299. The lowest BCUT2D eigenvalue weighted by Gasteiger charge is -2.29. The van der Waals surface area contributed by atoms with E-state index in [1.165, 1.54) is 0 Å². The summed E-state index contributed by atoms with van der Waals surface area (Å²) in [5.74, 6) is -0.299. The molecule has 2 aromatic carbocycles. The highest BCUT2D eigenvalue weighted by molar-refractivity contribution is 5.90. The molecule has 0 spiro atoms. The van der Waals surface area contributed by atoms with Crippen molar-refractivity contribution in [2.75, 3.05) is 6.61 Å².